The third kappa shape index (κ3) is 4.03. The molecule has 0 atom stereocenters. The van der Waals surface area contributed by atoms with Gasteiger partial charge in [-0.05, 0) is 29.8 Å². The van der Waals surface area contributed by atoms with Crippen molar-refractivity contribution in [2.24, 2.45) is 5.10 Å². The number of nitrogens with zero attached hydrogens (tertiary/aromatic N) is 2. The summed E-state index contributed by atoms with van der Waals surface area (Å²) in [5.41, 5.74) is 2.72. The van der Waals surface area contributed by atoms with Crippen molar-refractivity contribution in [1.29, 1.82) is 0 Å². The molecule has 8 heteroatoms. The van der Waals surface area contributed by atoms with E-state index in [0.717, 1.165) is 6.07 Å². The monoisotopic (exact) mass is 337 g/mol. The molecule has 0 radical (unpaired) electrons. The van der Waals surface area contributed by atoms with E-state index in [9.17, 15) is 14.9 Å². The molecule has 112 valence electrons. The molecule has 22 heavy (non-hydrogen) atoms. The molecule has 2 aromatic rings. The summed E-state index contributed by atoms with van der Waals surface area (Å²) >= 11 is 11.5. The fraction of sp³-hybridized carbons (Fsp3) is 0. The Labute approximate surface area is 135 Å². The van der Waals surface area contributed by atoms with Crippen molar-refractivity contribution in [3.05, 3.63) is 73.8 Å². The largest absolute Gasteiger partial charge is 0.288 e. The van der Waals surface area contributed by atoms with Crippen LogP contribution in [0.4, 0.5) is 5.69 Å². The molecule has 0 heterocycles. The number of nitro benzene ring substituents is 1. The van der Waals surface area contributed by atoms with Crippen LogP contribution in [0, 0.1) is 10.1 Å². The van der Waals surface area contributed by atoms with Gasteiger partial charge in [-0.15, -0.1) is 0 Å². The van der Waals surface area contributed by atoms with Crippen LogP contribution in [-0.2, 0) is 0 Å². The van der Waals surface area contributed by atoms with E-state index in [1.807, 2.05) is 0 Å². The molecule has 0 aliphatic rings. The first-order valence-electron chi connectivity index (χ1n) is 6.00. The van der Waals surface area contributed by atoms with Gasteiger partial charge in [0.25, 0.3) is 11.6 Å². The molecular weight excluding hydrogens is 329 g/mol. The minimum absolute atomic E-state index is 0.0380. The lowest BCUT2D eigenvalue weighted by Crippen LogP contribution is -2.17. The number of halogens is 2. The molecule has 0 aliphatic carbocycles. The first-order valence-corrected chi connectivity index (χ1v) is 6.76. The van der Waals surface area contributed by atoms with Gasteiger partial charge < -0.3 is 0 Å². The van der Waals surface area contributed by atoms with Crippen molar-refractivity contribution in [3.8, 4) is 0 Å². The molecule has 2 rings (SSSR count). The van der Waals surface area contributed by atoms with Gasteiger partial charge >= 0.3 is 0 Å². The van der Waals surface area contributed by atoms with Gasteiger partial charge in [0.2, 0.25) is 0 Å². The summed E-state index contributed by atoms with van der Waals surface area (Å²) in [5.74, 6) is -0.585. The van der Waals surface area contributed by atoms with Crippen LogP contribution in [0.1, 0.15) is 15.9 Å². The average molecular weight is 338 g/mol. The van der Waals surface area contributed by atoms with Gasteiger partial charge in [0.05, 0.1) is 11.1 Å². The van der Waals surface area contributed by atoms with Gasteiger partial charge in [-0.25, -0.2) is 5.43 Å². The zero-order valence-electron chi connectivity index (χ0n) is 11.0. The standard InChI is InChI=1S/C14H9Cl2N3O3/c15-11-3-1-2-9(6-11)8-17-18-14(20)10-4-5-12(16)13(7-10)19(21)22/h1-8H,(H,18,20). The lowest BCUT2D eigenvalue weighted by Gasteiger charge is -2.01. The van der Waals surface area contributed by atoms with E-state index in [0.29, 0.717) is 10.6 Å². The van der Waals surface area contributed by atoms with Gasteiger partial charge in [0.15, 0.2) is 0 Å². The highest BCUT2D eigenvalue weighted by atomic mass is 35.5. The zero-order chi connectivity index (χ0) is 16.1. The Hall–Kier alpha value is -2.44. The second-order valence-corrected chi connectivity index (χ2v) is 5.02. The van der Waals surface area contributed by atoms with E-state index < -0.39 is 10.8 Å². The Balaban J connectivity index is 2.09. The third-order valence-corrected chi connectivity index (χ3v) is 3.19. The van der Waals surface area contributed by atoms with Crippen molar-refractivity contribution in [1.82, 2.24) is 5.43 Å². The number of hydrogen-bond acceptors (Lipinski definition) is 4. The van der Waals surface area contributed by atoms with E-state index >= 15 is 0 Å². The Kier molecular flexibility index (Phi) is 5.08. The highest BCUT2D eigenvalue weighted by Crippen LogP contribution is 2.24. The van der Waals surface area contributed by atoms with Crippen molar-refractivity contribution in [3.63, 3.8) is 0 Å². The van der Waals surface area contributed by atoms with Gasteiger partial charge in [-0.1, -0.05) is 35.3 Å². The van der Waals surface area contributed by atoms with Crippen LogP contribution >= 0.6 is 23.2 Å². The van der Waals surface area contributed by atoms with Crippen LogP contribution in [0.3, 0.4) is 0 Å². The Morgan fingerprint density at radius 1 is 1.23 bits per heavy atom. The van der Waals surface area contributed by atoms with Crippen molar-refractivity contribution in [2.45, 2.75) is 0 Å². The van der Waals surface area contributed by atoms with Crippen molar-refractivity contribution < 1.29 is 9.72 Å². The molecule has 0 aliphatic heterocycles. The minimum Gasteiger partial charge on any atom is -0.267 e. The topological polar surface area (TPSA) is 84.6 Å². The van der Waals surface area contributed by atoms with Gasteiger partial charge in [-0.2, -0.15) is 5.10 Å². The molecule has 0 bridgehead atoms. The van der Waals surface area contributed by atoms with Crippen LogP contribution in [0.5, 0.6) is 0 Å². The summed E-state index contributed by atoms with van der Waals surface area (Å²) in [6.45, 7) is 0. The lowest BCUT2D eigenvalue weighted by molar-refractivity contribution is -0.384. The molecule has 2 aromatic carbocycles. The molecule has 0 fully saturated rings. The maximum atomic E-state index is 11.9. The molecule has 0 saturated carbocycles. The van der Waals surface area contributed by atoms with Crippen molar-refractivity contribution in [2.75, 3.05) is 0 Å². The van der Waals surface area contributed by atoms with Crippen molar-refractivity contribution >= 4 is 41.0 Å². The number of benzene rings is 2. The number of hydrazone groups is 1. The van der Waals surface area contributed by atoms with E-state index in [1.165, 1.54) is 18.3 Å². The third-order valence-electron chi connectivity index (χ3n) is 2.63. The van der Waals surface area contributed by atoms with E-state index in [4.69, 9.17) is 23.2 Å². The lowest BCUT2D eigenvalue weighted by atomic mass is 10.2. The molecule has 0 saturated heterocycles. The van der Waals surface area contributed by atoms with Crippen LogP contribution < -0.4 is 5.43 Å². The quantitative estimate of drug-likeness (QED) is 0.524. The van der Waals surface area contributed by atoms with E-state index in [-0.39, 0.29) is 16.3 Å². The number of nitro groups is 1. The summed E-state index contributed by atoms with van der Waals surface area (Å²) in [6.07, 6.45) is 1.41. The smallest absolute Gasteiger partial charge is 0.267 e. The Morgan fingerprint density at radius 2 is 2.00 bits per heavy atom. The van der Waals surface area contributed by atoms with Crippen LogP contribution in [0.25, 0.3) is 0 Å². The fourth-order valence-electron chi connectivity index (χ4n) is 1.61. The Bertz CT molecular complexity index is 763. The van der Waals surface area contributed by atoms with E-state index in [2.05, 4.69) is 10.5 Å². The predicted octanol–water partition coefficient (Wildman–Crippen LogP) is 3.67. The number of carbonyl (C=O) groups excluding carboxylic acids is 1. The molecule has 1 amide bonds. The molecule has 1 N–H and O–H groups in total. The molecule has 0 aromatic heterocycles. The highest BCUT2D eigenvalue weighted by molar-refractivity contribution is 6.32. The summed E-state index contributed by atoms with van der Waals surface area (Å²) in [6, 6.07) is 10.6. The number of rotatable bonds is 4. The predicted molar refractivity (Wildman–Crippen MR) is 84.6 cm³/mol. The number of hydrogen-bond donors (Lipinski definition) is 1. The minimum atomic E-state index is -0.658. The molecule has 0 spiro atoms. The number of carbonyl (C=O) groups is 1. The average Bonchev–Trinajstić information content (AvgIpc) is 2.47. The molecule has 6 nitrogen and oxygen atoms in total. The first-order chi connectivity index (χ1) is 10.5. The SMILES string of the molecule is O=C(NN=Cc1cccc(Cl)c1)c1ccc(Cl)c([N+](=O)[O-])c1. The Morgan fingerprint density at radius 3 is 2.68 bits per heavy atom. The number of amides is 1. The maximum Gasteiger partial charge on any atom is 0.288 e. The van der Waals surface area contributed by atoms with Gasteiger partial charge in [0, 0.05) is 16.7 Å². The summed E-state index contributed by atoms with van der Waals surface area (Å²) < 4.78 is 0. The fourth-order valence-corrected chi connectivity index (χ4v) is 2.00. The summed E-state index contributed by atoms with van der Waals surface area (Å²) in [4.78, 5) is 22.0. The van der Waals surface area contributed by atoms with Crippen LogP contribution in [0.15, 0.2) is 47.6 Å². The second-order valence-electron chi connectivity index (χ2n) is 4.18. The summed E-state index contributed by atoms with van der Waals surface area (Å²) in [5, 5.41) is 15.1. The molecule has 0 unspecified atom stereocenters. The normalized spacial score (nSPS) is 10.6. The number of nitrogens with one attached hydrogen (secondary N) is 1. The zero-order valence-corrected chi connectivity index (χ0v) is 12.5. The van der Waals surface area contributed by atoms with Crippen LogP contribution in [-0.4, -0.2) is 17.0 Å². The summed E-state index contributed by atoms with van der Waals surface area (Å²) in [7, 11) is 0. The van der Waals surface area contributed by atoms with Crippen LogP contribution in [0.2, 0.25) is 10.0 Å². The highest BCUT2D eigenvalue weighted by Gasteiger charge is 2.15. The van der Waals surface area contributed by atoms with Gasteiger partial charge in [0.1, 0.15) is 5.02 Å². The second kappa shape index (κ2) is 7.02. The molecular formula is C14H9Cl2N3O3. The van der Waals surface area contributed by atoms with Gasteiger partial charge in [-0.3, -0.25) is 14.9 Å². The van der Waals surface area contributed by atoms with E-state index in [1.54, 1.807) is 24.3 Å². The first kappa shape index (κ1) is 15.9. The maximum absolute atomic E-state index is 11.9.